The van der Waals surface area contributed by atoms with E-state index < -0.39 is 0 Å². The molecule has 0 aromatic carbocycles. The molecule has 0 rings (SSSR count). The Labute approximate surface area is 148 Å². The Bertz CT molecular complexity index is 250. The van der Waals surface area contributed by atoms with Gasteiger partial charge in [-0.25, -0.2) is 0 Å². The molecule has 0 N–H and O–H groups in total. The van der Waals surface area contributed by atoms with Gasteiger partial charge in [-0.05, 0) is 59.7 Å². The molecule has 0 saturated heterocycles. The Morgan fingerprint density at radius 1 is 0.950 bits per heavy atom. The molecule has 0 amide bonds. The van der Waals surface area contributed by atoms with Crippen molar-refractivity contribution in [3.8, 4) is 0 Å². The number of rotatable bonds is 7. The Morgan fingerprint density at radius 2 is 1.35 bits per heavy atom. The van der Waals surface area contributed by atoms with Crippen molar-refractivity contribution >= 4 is 11.6 Å². The van der Waals surface area contributed by atoms with Gasteiger partial charge in [-0.1, -0.05) is 5.11 Å². The predicted octanol–water partition coefficient (Wildman–Crippen LogP) is 0.295. The van der Waals surface area contributed by atoms with Gasteiger partial charge in [0.2, 0.25) is 0 Å². The van der Waals surface area contributed by atoms with E-state index in [9.17, 15) is 0 Å². The summed E-state index contributed by atoms with van der Waals surface area (Å²) < 4.78 is 0. The summed E-state index contributed by atoms with van der Waals surface area (Å²) in [6, 6.07) is 0. The van der Waals surface area contributed by atoms with Gasteiger partial charge in [-0.15, -0.1) is 11.6 Å². The molecular formula is C10H24ClN8Na. The summed E-state index contributed by atoms with van der Waals surface area (Å²) in [6.45, 7) is 2.69. The van der Waals surface area contributed by atoms with Crippen LogP contribution < -0.4 is 29.6 Å². The molecule has 0 bridgehead atoms. The summed E-state index contributed by atoms with van der Waals surface area (Å²) in [5.41, 5.74) is 21.4. The largest absolute Gasteiger partial charge is 1.00 e. The monoisotopic (exact) mass is 314 g/mol. The molecule has 112 valence electrons. The van der Waals surface area contributed by atoms with Crippen LogP contribution in [0.4, 0.5) is 0 Å². The van der Waals surface area contributed by atoms with Crippen molar-refractivity contribution in [2.45, 2.75) is 12.8 Å². The summed E-state index contributed by atoms with van der Waals surface area (Å²) in [7, 11) is 8.09. The minimum Gasteiger partial charge on any atom is -0.373 e. The van der Waals surface area contributed by atoms with Crippen molar-refractivity contribution in [1.82, 2.24) is 9.80 Å². The first-order valence-electron chi connectivity index (χ1n) is 5.80. The van der Waals surface area contributed by atoms with Crippen LogP contribution in [0.3, 0.4) is 0 Å². The number of hydrogen-bond donors (Lipinski definition) is 0. The van der Waals surface area contributed by atoms with Crippen LogP contribution in [0.5, 0.6) is 0 Å². The summed E-state index contributed by atoms with van der Waals surface area (Å²) in [4.78, 5) is 8.33. The third-order valence-corrected chi connectivity index (χ3v) is 1.93. The standard InChI is InChI=1S/C5H12ClN.C5H12N4.N3.Na/c1-7(2)5-3-4-6;1-9(2)5-3-4-7-8-6;1-3-2;/h3-5H2,1-2H3;3-5H2,1-2H3;;/q;;-1;+1. The number of halogens is 1. The molecule has 0 spiro atoms. The maximum Gasteiger partial charge on any atom is 1.00 e. The second-order valence-electron chi connectivity index (χ2n) is 4.05. The molecular weight excluding hydrogens is 291 g/mol. The molecule has 0 aliphatic rings. The van der Waals surface area contributed by atoms with Crippen molar-refractivity contribution in [3.63, 3.8) is 0 Å². The van der Waals surface area contributed by atoms with E-state index in [-0.39, 0.29) is 29.6 Å². The average Bonchev–Trinajstić information content (AvgIpc) is 2.33. The molecule has 10 heteroatoms. The molecule has 0 aromatic heterocycles. The molecule has 0 unspecified atom stereocenters. The van der Waals surface area contributed by atoms with Gasteiger partial charge >= 0.3 is 29.6 Å². The molecule has 0 atom stereocenters. The van der Waals surface area contributed by atoms with Crippen LogP contribution in [-0.2, 0) is 0 Å². The van der Waals surface area contributed by atoms with Crippen molar-refractivity contribution in [2.24, 2.45) is 5.11 Å². The molecule has 0 fully saturated rings. The van der Waals surface area contributed by atoms with E-state index in [0.29, 0.717) is 6.54 Å². The molecule has 20 heavy (non-hydrogen) atoms. The van der Waals surface area contributed by atoms with Gasteiger partial charge in [0.05, 0.1) is 0 Å². The summed E-state index contributed by atoms with van der Waals surface area (Å²) in [6.07, 6.45) is 2.03. The van der Waals surface area contributed by atoms with E-state index in [1.165, 1.54) is 4.91 Å². The van der Waals surface area contributed by atoms with Crippen LogP contribution in [0, 0.1) is 0 Å². The number of azide groups is 1. The Morgan fingerprint density at radius 3 is 1.60 bits per heavy atom. The second kappa shape index (κ2) is 27.2. The van der Waals surface area contributed by atoms with E-state index in [2.05, 4.69) is 19.8 Å². The van der Waals surface area contributed by atoms with Crippen molar-refractivity contribution in [1.29, 1.82) is 0 Å². The van der Waals surface area contributed by atoms with Gasteiger partial charge < -0.3 is 20.9 Å². The zero-order valence-electron chi connectivity index (χ0n) is 13.2. The van der Waals surface area contributed by atoms with E-state index >= 15 is 0 Å². The smallest absolute Gasteiger partial charge is 0.373 e. The van der Waals surface area contributed by atoms with Gasteiger partial charge in [0.1, 0.15) is 0 Å². The number of hydrogen-bond acceptors (Lipinski definition) is 3. The third kappa shape index (κ3) is 52.3. The Hall–Kier alpha value is -0.170. The fraction of sp³-hybridized carbons (Fsp3) is 1.00. The van der Waals surface area contributed by atoms with Gasteiger partial charge in [-0.2, -0.15) is 0 Å². The second-order valence-corrected chi connectivity index (χ2v) is 4.42. The summed E-state index contributed by atoms with van der Waals surface area (Å²) >= 11 is 5.42. The van der Waals surface area contributed by atoms with Crippen LogP contribution in [0.15, 0.2) is 5.11 Å². The van der Waals surface area contributed by atoms with Gasteiger partial charge in [-0.3, -0.25) is 4.91 Å². The van der Waals surface area contributed by atoms with E-state index in [1.807, 2.05) is 28.2 Å². The molecule has 8 nitrogen and oxygen atoms in total. The minimum atomic E-state index is 0. The molecule has 0 radical (unpaired) electrons. The van der Waals surface area contributed by atoms with Crippen LogP contribution in [0.25, 0.3) is 26.4 Å². The van der Waals surface area contributed by atoms with Crippen molar-refractivity contribution in [3.05, 3.63) is 26.4 Å². The molecule has 0 aliphatic heterocycles. The first-order valence-corrected chi connectivity index (χ1v) is 6.34. The maximum absolute atomic E-state index is 7.88. The summed E-state index contributed by atoms with van der Waals surface area (Å²) in [5.74, 6) is 0.776. The molecule has 0 heterocycles. The van der Waals surface area contributed by atoms with Crippen LogP contribution in [-0.4, -0.2) is 63.5 Å². The SMILES string of the molecule is CN(C)CCCCl.CN(C)CCCN=[N+]=[N-].[N-]=[N+]=[N-].[Na+]. The number of alkyl halides is 1. The number of nitrogens with zero attached hydrogens (tertiary/aromatic N) is 8. The summed E-state index contributed by atoms with van der Waals surface area (Å²) in [5, 5.41) is 3.40. The maximum atomic E-state index is 7.88. The normalized spacial score (nSPS) is 8.15. The van der Waals surface area contributed by atoms with Gasteiger partial charge in [0, 0.05) is 17.3 Å². The quantitative estimate of drug-likeness (QED) is 0.168. The Kier molecular flexibility index (Phi) is 38.2. The molecule has 0 saturated carbocycles. The van der Waals surface area contributed by atoms with Gasteiger partial charge in [0.15, 0.2) is 0 Å². The molecule has 0 aromatic rings. The van der Waals surface area contributed by atoms with E-state index in [4.69, 9.17) is 28.2 Å². The van der Waals surface area contributed by atoms with Crippen molar-refractivity contribution in [2.75, 3.05) is 53.7 Å². The fourth-order valence-corrected chi connectivity index (χ4v) is 0.998. The first kappa shape index (κ1) is 28.1. The van der Waals surface area contributed by atoms with Gasteiger partial charge in [0.25, 0.3) is 0 Å². The Balaban J connectivity index is -0.000000105. The van der Waals surface area contributed by atoms with Crippen LogP contribution in [0.2, 0.25) is 0 Å². The molecule has 0 aliphatic carbocycles. The van der Waals surface area contributed by atoms with Crippen LogP contribution in [0.1, 0.15) is 12.8 Å². The minimum absolute atomic E-state index is 0. The first-order chi connectivity index (χ1) is 8.95. The van der Waals surface area contributed by atoms with E-state index in [0.717, 1.165) is 31.8 Å². The average molecular weight is 315 g/mol. The van der Waals surface area contributed by atoms with Crippen molar-refractivity contribution < 1.29 is 29.6 Å². The fourth-order valence-electron chi connectivity index (χ4n) is 0.878. The zero-order chi connectivity index (χ0) is 15.5. The van der Waals surface area contributed by atoms with E-state index in [1.54, 1.807) is 0 Å². The third-order valence-electron chi connectivity index (χ3n) is 1.67. The topological polar surface area (TPSA) is 114 Å². The van der Waals surface area contributed by atoms with Crippen LogP contribution >= 0.6 is 11.6 Å². The predicted molar refractivity (Wildman–Crippen MR) is 81.2 cm³/mol. The zero-order valence-corrected chi connectivity index (χ0v) is 16.0.